The molecular weight excluding hydrogens is 294 g/mol. The molecule has 0 spiro atoms. The zero-order chi connectivity index (χ0) is 16.7. The highest BCUT2D eigenvalue weighted by molar-refractivity contribution is 5.93. The van der Waals surface area contributed by atoms with Gasteiger partial charge in [-0.1, -0.05) is 32.0 Å². The van der Waals surface area contributed by atoms with Crippen LogP contribution >= 0.6 is 0 Å². The number of urea groups is 1. The van der Waals surface area contributed by atoms with Gasteiger partial charge in [0.25, 0.3) is 0 Å². The van der Waals surface area contributed by atoms with Crippen molar-refractivity contribution in [2.75, 3.05) is 31.6 Å². The summed E-state index contributed by atoms with van der Waals surface area (Å²) in [6, 6.07) is 8.31. The molecule has 1 saturated heterocycles. The minimum Gasteiger partial charge on any atom is -0.378 e. The van der Waals surface area contributed by atoms with Crippen LogP contribution in [0, 0.1) is 5.92 Å². The number of hydrogen-bond donors (Lipinski definition) is 2. The van der Waals surface area contributed by atoms with E-state index in [4.69, 9.17) is 4.74 Å². The second-order valence-corrected chi connectivity index (χ2v) is 6.08. The van der Waals surface area contributed by atoms with Gasteiger partial charge in [0.2, 0.25) is 5.91 Å². The summed E-state index contributed by atoms with van der Waals surface area (Å²) in [4.78, 5) is 26.6. The lowest BCUT2D eigenvalue weighted by Gasteiger charge is -2.31. The van der Waals surface area contributed by atoms with Gasteiger partial charge in [0.1, 0.15) is 6.04 Å². The Morgan fingerprint density at radius 2 is 1.83 bits per heavy atom. The number of anilines is 1. The van der Waals surface area contributed by atoms with Crippen LogP contribution in [0.2, 0.25) is 0 Å². The van der Waals surface area contributed by atoms with Crippen molar-refractivity contribution in [3.8, 4) is 0 Å². The summed E-state index contributed by atoms with van der Waals surface area (Å²) >= 11 is 0. The third kappa shape index (κ3) is 5.56. The molecule has 1 aromatic rings. The summed E-state index contributed by atoms with van der Waals surface area (Å²) in [6.45, 7) is 6.34. The molecule has 0 bridgehead atoms. The molecule has 1 atom stereocenters. The van der Waals surface area contributed by atoms with E-state index in [0.29, 0.717) is 44.3 Å². The Hall–Kier alpha value is -2.08. The van der Waals surface area contributed by atoms with Gasteiger partial charge in [0.05, 0.1) is 13.2 Å². The summed E-state index contributed by atoms with van der Waals surface area (Å²) in [5, 5.41) is 5.57. The predicted molar refractivity (Wildman–Crippen MR) is 89.2 cm³/mol. The van der Waals surface area contributed by atoms with E-state index in [1.165, 1.54) is 0 Å². The number of nitrogens with one attached hydrogen (secondary N) is 2. The molecule has 1 fully saturated rings. The lowest BCUT2D eigenvalue weighted by Crippen LogP contribution is -2.52. The van der Waals surface area contributed by atoms with Crippen molar-refractivity contribution in [2.24, 2.45) is 5.92 Å². The van der Waals surface area contributed by atoms with Gasteiger partial charge < -0.3 is 20.3 Å². The van der Waals surface area contributed by atoms with E-state index in [2.05, 4.69) is 10.6 Å². The van der Waals surface area contributed by atoms with Gasteiger partial charge in [0, 0.05) is 18.8 Å². The van der Waals surface area contributed by atoms with E-state index < -0.39 is 6.04 Å². The van der Waals surface area contributed by atoms with Gasteiger partial charge in [-0.15, -0.1) is 0 Å². The van der Waals surface area contributed by atoms with Crippen LogP contribution in [0.3, 0.4) is 0 Å². The fraction of sp³-hybridized carbons (Fsp3) is 0.529. The van der Waals surface area contributed by atoms with Crippen molar-refractivity contribution < 1.29 is 14.3 Å². The zero-order valence-electron chi connectivity index (χ0n) is 13.7. The lowest BCUT2D eigenvalue weighted by molar-refractivity contribution is -0.137. The summed E-state index contributed by atoms with van der Waals surface area (Å²) in [5.74, 6) is 0.271. The molecule has 6 nitrogen and oxygen atoms in total. The Balaban J connectivity index is 1.96. The SMILES string of the molecule is CC(C)C[C@H](NC(=O)Nc1ccccc1)C(=O)N1CCOCC1. The fourth-order valence-electron chi connectivity index (χ4n) is 2.54. The van der Waals surface area contributed by atoms with Crippen molar-refractivity contribution in [1.29, 1.82) is 0 Å². The molecule has 0 unspecified atom stereocenters. The minimum atomic E-state index is -0.517. The van der Waals surface area contributed by atoms with Gasteiger partial charge in [-0.3, -0.25) is 4.79 Å². The molecule has 1 aliphatic heterocycles. The van der Waals surface area contributed by atoms with Gasteiger partial charge in [-0.25, -0.2) is 4.79 Å². The molecule has 0 saturated carbocycles. The smallest absolute Gasteiger partial charge is 0.319 e. The van der Waals surface area contributed by atoms with E-state index in [0.717, 1.165) is 0 Å². The molecule has 1 aromatic carbocycles. The van der Waals surface area contributed by atoms with Crippen LogP contribution in [0.4, 0.5) is 10.5 Å². The van der Waals surface area contributed by atoms with Crippen molar-refractivity contribution in [2.45, 2.75) is 26.3 Å². The molecule has 3 amide bonds. The molecule has 6 heteroatoms. The second-order valence-electron chi connectivity index (χ2n) is 6.08. The Kier molecular flexibility index (Phi) is 6.40. The maximum atomic E-state index is 12.6. The number of para-hydroxylation sites is 1. The number of ether oxygens (including phenoxy) is 1. The maximum absolute atomic E-state index is 12.6. The second kappa shape index (κ2) is 8.53. The molecule has 2 N–H and O–H groups in total. The molecule has 0 aliphatic carbocycles. The van der Waals surface area contributed by atoms with Crippen molar-refractivity contribution in [3.05, 3.63) is 30.3 Å². The van der Waals surface area contributed by atoms with Crippen molar-refractivity contribution in [3.63, 3.8) is 0 Å². The van der Waals surface area contributed by atoms with Crippen LogP contribution in [0.25, 0.3) is 0 Å². The molecule has 126 valence electrons. The molecule has 1 aliphatic rings. The van der Waals surface area contributed by atoms with Crippen LogP contribution in [0.15, 0.2) is 30.3 Å². The number of morpholine rings is 1. The first-order valence-corrected chi connectivity index (χ1v) is 8.05. The summed E-state index contributed by atoms with van der Waals surface area (Å²) < 4.78 is 5.28. The van der Waals surface area contributed by atoms with E-state index in [-0.39, 0.29) is 11.9 Å². The highest BCUT2D eigenvalue weighted by atomic mass is 16.5. The van der Waals surface area contributed by atoms with E-state index >= 15 is 0 Å². The molecule has 1 heterocycles. The van der Waals surface area contributed by atoms with Crippen molar-refractivity contribution >= 4 is 17.6 Å². The Bertz CT molecular complexity index is 513. The number of benzene rings is 1. The summed E-state index contributed by atoms with van der Waals surface area (Å²) in [7, 11) is 0. The van der Waals surface area contributed by atoms with Crippen LogP contribution < -0.4 is 10.6 Å². The molecular formula is C17H25N3O3. The predicted octanol–water partition coefficient (Wildman–Crippen LogP) is 2.08. The number of carbonyl (C=O) groups is 2. The first-order valence-electron chi connectivity index (χ1n) is 8.05. The highest BCUT2D eigenvalue weighted by Gasteiger charge is 2.27. The largest absolute Gasteiger partial charge is 0.378 e. The number of rotatable bonds is 5. The molecule has 0 radical (unpaired) electrons. The van der Waals surface area contributed by atoms with Gasteiger partial charge in [-0.05, 0) is 24.5 Å². The van der Waals surface area contributed by atoms with Gasteiger partial charge in [0.15, 0.2) is 0 Å². The monoisotopic (exact) mass is 319 g/mol. The lowest BCUT2D eigenvalue weighted by atomic mass is 10.0. The van der Waals surface area contributed by atoms with Gasteiger partial charge in [-0.2, -0.15) is 0 Å². The Morgan fingerprint density at radius 3 is 2.43 bits per heavy atom. The van der Waals surface area contributed by atoms with Crippen molar-refractivity contribution in [1.82, 2.24) is 10.2 Å². The van der Waals surface area contributed by atoms with E-state index in [9.17, 15) is 9.59 Å². The zero-order valence-corrected chi connectivity index (χ0v) is 13.7. The van der Waals surface area contributed by atoms with E-state index in [1.807, 2.05) is 32.0 Å². The summed E-state index contributed by atoms with van der Waals surface area (Å²) in [5.41, 5.74) is 0.701. The minimum absolute atomic E-state index is 0.0368. The van der Waals surface area contributed by atoms with Crippen LogP contribution in [0.5, 0.6) is 0 Å². The average molecular weight is 319 g/mol. The third-order valence-corrected chi connectivity index (χ3v) is 3.66. The van der Waals surface area contributed by atoms with Crippen LogP contribution in [-0.2, 0) is 9.53 Å². The number of nitrogens with zero attached hydrogens (tertiary/aromatic N) is 1. The average Bonchev–Trinajstić information content (AvgIpc) is 2.55. The first kappa shape index (κ1) is 17.3. The van der Waals surface area contributed by atoms with Crippen LogP contribution in [-0.4, -0.2) is 49.2 Å². The maximum Gasteiger partial charge on any atom is 0.319 e. The third-order valence-electron chi connectivity index (χ3n) is 3.66. The number of hydrogen-bond acceptors (Lipinski definition) is 3. The van der Waals surface area contributed by atoms with Crippen LogP contribution in [0.1, 0.15) is 20.3 Å². The normalized spacial score (nSPS) is 16.0. The topological polar surface area (TPSA) is 70.7 Å². The van der Waals surface area contributed by atoms with E-state index in [1.54, 1.807) is 17.0 Å². The highest BCUT2D eigenvalue weighted by Crippen LogP contribution is 2.11. The number of carbonyl (C=O) groups excluding carboxylic acids is 2. The molecule has 2 rings (SSSR count). The molecule has 0 aromatic heterocycles. The quantitative estimate of drug-likeness (QED) is 0.873. The molecule has 23 heavy (non-hydrogen) atoms. The van der Waals surface area contributed by atoms with Gasteiger partial charge >= 0.3 is 6.03 Å². The summed E-state index contributed by atoms with van der Waals surface area (Å²) in [6.07, 6.45) is 0.610. The standard InChI is InChI=1S/C17H25N3O3/c1-13(2)12-15(16(21)20-8-10-23-11-9-20)19-17(22)18-14-6-4-3-5-7-14/h3-7,13,15H,8-12H2,1-2H3,(H2,18,19,22)/t15-/m0/s1. The Morgan fingerprint density at radius 1 is 1.17 bits per heavy atom. The Labute approximate surface area is 137 Å². The number of amides is 3. The first-order chi connectivity index (χ1) is 11.1. The fourth-order valence-corrected chi connectivity index (χ4v) is 2.54.